The summed E-state index contributed by atoms with van der Waals surface area (Å²) >= 11 is 0. The quantitative estimate of drug-likeness (QED) is 0.750. The summed E-state index contributed by atoms with van der Waals surface area (Å²) in [5.74, 6) is -0.415. The number of nitrogens with one attached hydrogen (secondary N) is 1. The summed E-state index contributed by atoms with van der Waals surface area (Å²) in [7, 11) is 0. The molecule has 0 aliphatic heterocycles. The van der Waals surface area contributed by atoms with Gasteiger partial charge in [-0.15, -0.1) is 0 Å². The first-order chi connectivity index (χ1) is 6.19. The summed E-state index contributed by atoms with van der Waals surface area (Å²) in [6, 6.07) is 1.72. The van der Waals surface area contributed by atoms with Crippen LogP contribution in [0.2, 0.25) is 0 Å². The molecule has 0 radical (unpaired) electrons. The van der Waals surface area contributed by atoms with E-state index < -0.39 is 5.97 Å². The molecule has 0 fully saturated rings. The van der Waals surface area contributed by atoms with Gasteiger partial charge in [-0.3, -0.25) is 0 Å². The summed E-state index contributed by atoms with van der Waals surface area (Å²) in [6.45, 7) is 4.23. The molecular formula is C10H15NO2. The third kappa shape index (κ3) is 2.11. The lowest BCUT2D eigenvalue weighted by molar-refractivity contribution is 0.0691. The number of rotatable bonds is 4. The van der Waals surface area contributed by atoms with Gasteiger partial charge in [-0.2, -0.15) is 0 Å². The predicted octanol–water partition coefficient (Wildman–Crippen LogP) is 2.62. The number of aromatic carboxylic acids is 1. The maximum atomic E-state index is 10.6. The molecule has 0 aliphatic rings. The van der Waals surface area contributed by atoms with E-state index in [0.29, 0.717) is 5.92 Å². The first-order valence-electron chi connectivity index (χ1n) is 4.60. The van der Waals surface area contributed by atoms with Gasteiger partial charge in [-0.25, -0.2) is 4.79 Å². The molecule has 0 bridgehead atoms. The second-order valence-corrected chi connectivity index (χ2v) is 3.17. The normalized spacial score (nSPS) is 10.7. The third-order valence-electron chi connectivity index (χ3n) is 2.39. The molecular weight excluding hydrogens is 166 g/mol. The van der Waals surface area contributed by atoms with Crippen LogP contribution in [0.15, 0.2) is 12.3 Å². The SMILES string of the molecule is CCC(CC)c1c[nH]c(C(=O)O)c1. The average molecular weight is 181 g/mol. The summed E-state index contributed by atoms with van der Waals surface area (Å²) < 4.78 is 0. The highest BCUT2D eigenvalue weighted by Gasteiger charge is 2.11. The summed E-state index contributed by atoms with van der Waals surface area (Å²) in [5, 5.41) is 8.69. The van der Waals surface area contributed by atoms with Gasteiger partial charge in [0.2, 0.25) is 0 Å². The Labute approximate surface area is 77.8 Å². The summed E-state index contributed by atoms with van der Waals surface area (Å²) in [4.78, 5) is 13.3. The van der Waals surface area contributed by atoms with Crippen molar-refractivity contribution in [3.63, 3.8) is 0 Å². The van der Waals surface area contributed by atoms with Crippen molar-refractivity contribution in [2.75, 3.05) is 0 Å². The summed E-state index contributed by atoms with van der Waals surface area (Å²) in [6.07, 6.45) is 3.89. The number of aromatic amines is 1. The van der Waals surface area contributed by atoms with E-state index >= 15 is 0 Å². The largest absolute Gasteiger partial charge is 0.477 e. The monoisotopic (exact) mass is 181 g/mol. The van der Waals surface area contributed by atoms with E-state index in [0.717, 1.165) is 18.4 Å². The fraction of sp³-hybridized carbons (Fsp3) is 0.500. The number of hydrogen-bond acceptors (Lipinski definition) is 1. The van der Waals surface area contributed by atoms with E-state index in [1.165, 1.54) is 0 Å². The smallest absolute Gasteiger partial charge is 0.352 e. The lowest BCUT2D eigenvalue weighted by Crippen LogP contribution is -1.95. The van der Waals surface area contributed by atoms with Crippen molar-refractivity contribution in [1.29, 1.82) is 0 Å². The molecule has 3 nitrogen and oxygen atoms in total. The van der Waals surface area contributed by atoms with E-state index in [9.17, 15) is 4.79 Å². The fourth-order valence-electron chi connectivity index (χ4n) is 1.53. The lowest BCUT2D eigenvalue weighted by Gasteiger charge is -2.08. The van der Waals surface area contributed by atoms with Crippen LogP contribution in [0.25, 0.3) is 0 Å². The molecule has 1 aromatic heterocycles. The van der Waals surface area contributed by atoms with Gasteiger partial charge in [0.05, 0.1) is 0 Å². The van der Waals surface area contributed by atoms with Crippen LogP contribution in [0, 0.1) is 0 Å². The number of carboxylic acids is 1. The van der Waals surface area contributed by atoms with Gasteiger partial charge in [-0.1, -0.05) is 13.8 Å². The molecule has 0 spiro atoms. The van der Waals surface area contributed by atoms with Gasteiger partial charge >= 0.3 is 5.97 Å². The number of carboxylic acid groups (broad SMARTS) is 1. The molecule has 3 heteroatoms. The Balaban J connectivity index is 2.84. The third-order valence-corrected chi connectivity index (χ3v) is 2.39. The highest BCUT2D eigenvalue weighted by molar-refractivity contribution is 5.85. The second-order valence-electron chi connectivity index (χ2n) is 3.17. The minimum atomic E-state index is -0.891. The Kier molecular flexibility index (Phi) is 3.12. The topological polar surface area (TPSA) is 53.1 Å². The highest BCUT2D eigenvalue weighted by atomic mass is 16.4. The zero-order chi connectivity index (χ0) is 9.84. The zero-order valence-corrected chi connectivity index (χ0v) is 8.00. The Bertz CT molecular complexity index is 287. The van der Waals surface area contributed by atoms with Crippen LogP contribution in [0.4, 0.5) is 0 Å². The number of H-pyrrole nitrogens is 1. The van der Waals surface area contributed by atoms with E-state index in [1.54, 1.807) is 12.3 Å². The maximum absolute atomic E-state index is 10.6. The molecule has 0 unspecified atom stereocenters. The predicted molar refractivity (Wildman–Crippen MR) is 51.1 cm³/mol. The lowest BCUT2D eigenvalue weighted by atomic mass is 9.96. The first kappa shape index (κ1) is 9.84. The Morgan fingerprint density at radius 2 is 2.15 bits per heavy atom. The Hall–Kier alpha value is -1.25. The molecule has 0 saturated carbocycles. The van der Waals surface area contributed by atoms with Gasteiger partial charge < -0.3 is 10.1 Å². The molecule has 72 valence electrons. The highest BCUT2D eigenvalue weighted by Crippen LogP contribution is 2.23. The average Bonchev–Trinajstić information content (AvgIpc) is 2.56. The number of carbonyl (C=O) groups is 1. The molecule has 0 aliphatic carbocycles. The molecule has 0 amide bonds. The minimum Gasteiger partial charge on any atom is -0.477 e. The minimum absolute atomic E-state index is 0.280. The van der Waals surface area contributed by atoms with Gasteiger partial charge in [0.15, 0.2) is 0 Å². The Morgan fingerprint density at radius 1 is 1.54 bits per heavy atom. The molecule has 1 rings (SSSR count). The van der Waals surface area contributed by atoms with Crippen LogP contribution < -0.4 is 0 Å². The second kappa shape index (κ2) is 4.12. The standard InChI is InChI=1S/C10H15NO2/c1-3-7(4-2)8-5-9(10(12)13)11-6-8/h5-7,11H,3-4H2,1-2H3,(H,12,13). The number of aromatic nitrogens is 1. The molecule has 13 heavy (non-hydrogen) atoms. The number of hydrogen-bond donors (Lipinski definition) is 2. The molecule has 1 heterocycles. The maximum Gasteiger partial charge on any atom is 0.352 e. The van der Waals surface area contributed by atoms with E-state index in [2.05, 4.69) is 18.8 Å². The van der Waals surface area contributed by atoms with Gasteiger partial charge in [-0.05, 0) is 30.4 Å². The van der Waals surface area contributed by atoms with Gasteiger partial charge in [0.1, 0.15) is 5.69 Å². The van der Waals surface area contributed by atoms with E-state index in [4.69, 9.17) is 5.11 Å². The van der Waals surface area contributed by atoms with E-state index in [-0.39, 0.29) is 5.69 Å². The van der Waals surface area contributed by atoms with Crippen molar-refractivity contribution in [3.05, 3.63) is 23.5 Å². The van der Waals surface area contributed by atoms with Crippen molar-refractivity contribution in [3.8, 4) is 0 Å². The van der Waals surface area contributed by atoms with Crippen molar-refractivity contribution in [2.24, 2.45) is 0 Å². The van der Waals surface area contributed by atoms with Gasteiger partial charge in [0.25, 0.3) is 0 Å². The molecule has 2 N–H and O–H groups in total. The molecule has 0 saturated heterocycles. The Morgan fingerprint density at radius 3 is 2.54 bits per heavy atom. The van der Waals surface area contributed by atoms with Gasteiger partial charge in [0, 0.05) is 6.20 Å². The van der Waals surface area contributed by atoms with Crippen LogP contribution >= 0.6 is 0 Å². The van der Waals surface area contributed by atoms with Crippen LogP contribution in [0.3, 0.4) is 0 Å². The zero-order valence-electron chi connectivity index (χ0n) is 8.00. The summed E-state index contributed by atoms with van der Waals surface area (Å²) in [5.41, 5.74) is 1.38. The molecule has 0 atom stereocenters. The van der Waals surface area contributed by atoms with Crippen molar-refractivity contribution in [1.82, 2.24) is 4.98 Å². The molecule has 0 aromatic carbocycles. The first-order valence-corrected chi connectivity index (χ1v) is 4.60. The van der Waals surface area contributed by atoms with Crippen LogP contribution in [0.5, 0.6) is 0 Å². The van der Waals surface area contributed by atoms with Crippen molar-refractivity contribution < 1.29 is 9.90 Å². The van der Waals surface area contributed by atoms with Crippen molar-refractivity contribution >= 4 is 5.97 Å². The fourth-order valence-corrected chi connectivity index (χ4v) is 1.53. The van der Waals surface area contributed by atoms with Crippen LogP contribution in [0.1, 0.15) is 48.7 Å². The van der Waals surface area contributed by atoms with Crippen molar-refractivity contribution in [2.45, 2.75) is 32.6 Å². The van der Waals surface area contributed by atoms with Crippen LogP contribution in [-0.4, -0.2) is 16.1 Å². The van der Waals surface area contributed by atoms with E-state index in [1.807, 2.05) is 0 Å². The molecule has 1 aromatic rings. The van der Waals surface area contributed by atoms with Crippen LogP contribution in [-0.2, 0) is 0 Å².